The Bertz CT molecular complexity index is 477. The van der Waals surface area contributed by atoms with Crippen LogP contribution in [0.4, 0.5) is 4.79 Å². The number of benzene rings is 1. The molecule has 2 rings (SSSR count). The second kappa shape index (κ2) is 6.38. The number of amides is 2. The third kappa shape index (κ3) is 3.48. The summed E-state index contributed by atoms with van der Waals surface area (Å²) in [7, 11) is 0. The van der Waals surface area contributed by atoms with Crippen molar-refractivity contribution in [3.8, 4) is 0 Å². The fraction of sp³-hybridized carbons (Fsp3) is 0.429. The Labute approximate surface area is 117 Å². The molecular weight excluding hydrogens is 260 g/mol. The quantitative estimate of drug-likeness (QED) is 0.872. The Kier molecular flexibility index (Phi) is 4.57. The number of morpholine rings is 1. The van der Waals surface area contributed by atoms with Gasteiger partial charge < -0.3 is 20.1 Å². The first-order chi connectivity index (χ1) is 9.58. The van der Waals surface area contributed by atoms with Gasteiger partial charge in [0.15, 0.2) is 6.04 Å². The predicted octanol–water partition coefficient (Wildman–Crippen LogP) is 1.24. The molecule has 0 radical (unpaired) electrons. The highest BCUT2D eigenvalue weighted by atomic mass is 16.5. The maximum Gasteiger partial charge on any atom is 0.330 e. The molecule has 1 saturated heterocycles. The van der Waals surface area contributed by atoms with E-state index < -0.39 is 12.0 Å². The minimum absolute atomic E-state index is 0.0329. The van der Waals surface area contributed by atoms with E-state index >= 15 is 0 Å². The zero-order valence-electron chi connectivity index (χ0n) is 11.3. The van der Waals surface area contributed by atoms with Gasteiger partial charge in [-0.15, -0.1) is 0 Å². The van der Waals surface area contributed by atoms with E-state index in [1.165, 1.54) is 0 Å². The summed E-state index contributed by atoms with van der Waals surface area (Å²) in [6.45, 7) is 3.28. The molecule has 1 aliphatic heterocycles. The van der Waals surface area contributed by atoms with Gasteiger partial charge in [-0.2, -0.15) is 0 Å². The lowest BCUT2D eigenvalue weighted by Crippen LogP contribution is -2.50. The standard InChI is InChI=1S/C14H18N2O4/c1-10-9-16(7-8-20-10)14(19)15-12(13(17)18)11-5-3-2-4-6-11/h2-6,10,12H,7-9H2,1H3,(H,15,19)(H,17,18). The molecule has 2 unspecified atom stereocenters. The fourth-order valence-electron chi connectivity index (χ4n) is 2.15. The summed E-state index contributed by atoms with van der Waals surface area (Å²) >= 11 is 0. The molecule has 1 aromatic rings. The van der Waals surface area contributed by atoms with Crippen LogP contribution in [0.25, 0.3) is 0 Å². The van der Waals surface area contributed by atoms with E-state index in [1.54, 1.807) is 35.2 Å². The van der Waals surface area contributed by atoms with Crippen LogP contribution in [0.2, 0.25) is 0 Å². The number of hydrogen-bond donors (Lipinski definition) is 2. The van der Waals surface area contributed by atoms with Gasteiger partial charge in [-0.3, -0.25) is 0 Å². The number of carboxylic acids is 1. The number of hydrogen-bond acceptors (Lipinski definition) is 3. The van der Waals surface area contributed by atoms with Gasteiger partial charge in [0.25, 0.3) is 0 Å². The number of urea groups is 1. The third-order valence-electron chi connectivity index (χ3n) is 3.18. The molecule has 2 N–H and O–H groups in total. The number of nitrogens with zero attached hydrogens (tertiary/aromatic N) is 1. The number of carbonyl (C=O) groups is 2. The van der Waals surface area contributed by atoms with Gasteiger partial charge >= 0.3 is 12.0 Å². The van der Waals surface area contributed by atoms with Crippen molar-refractivity contribution in [3.05, 3.63) is 35.9 Å². The summed E-state index contributed by atoms with van der Waals surface area (Å²) in [5.41, 5.74) is 0.551. The van der Waals surface area contributed by atoms with Crippen molar-refractivity contribution in [2.45, 2.75) is 19.1 Å². The van der Waals surface area contributed by atoms with Crippen LogP contribution in [0.1, 0.15) is 18.5 Å². The lowest BCUT2D eigenvalue weighted by Gasteiger charge is -2.32. The predicted molar refractivity (Wildman–Crippen MR) is 72.3 cm³/mol. The van der Waals surface area contributed by atoms with Crippen LogP contribution in [0.5, 0.6) is 0 Å². The summed E-state index contributed by atoms with van der Waals surface area (Å²) in [6, 6.07) is 7.23. The molecule has 2 atom stereocenters. The second-order valence-electron chi connectivity index (χ2n) is 4.76. The van der Waals surface area contributed by atoms with Crippen LogP contribution < -0.4 is 5.32 Å². The molecule has 6 heteroatoms. The van der Waals surface area contributed by atoms with Crippen molar-refractivity contribution in [3.63, 3.8) is 0 Å². The average Bonchev–Trinajstić information content (AvgIpc) is 2.45. The van der Waals surface area contributed by atoms with Crippen LogP contribution in [0.15, 0.2) is 30.3 Å². The van der Waals surface area contributed by atoms with E-state index in [0.29, 0.717) is 25.3 Å². The largest absolute Gasteiger partial charge is 0.479 e. The molecule has 20 heavy (non-hydrogen) atoms. The van der Waals surface area contributed by atoms with Crippen molar-refractivity contribution in [1.82, 2.24) is 10.2 Å². The molecule has 1 fully saturated rings. The van der Waals surface area contributed by atoms with Crippen LogP contribution in [0, 0.1) is 0 Å². The van der Waals surface area contributed by atoms with E-state index in [0.717, 1.165) is 0 Å². The molecule has 0 bridgehead atoms. The highest BCUT2D eigenvalue weighted by Crippen LogP contribution is 2.14. The Morgan fingerprint density at radius 2 is 2.10 bits per heavy atom. The zero-order valence-corrected chi connectivity index (χ0v) is 11.3. The van der Waals surface area contributed by atoms with Crippen molar-refractivity contribution < 1.29 is 19.4 Å². The molecule has 1 aliphatic rings. The average molecular weight is 278 g/mol. The molecule has 0 aromatic heterocycles. The molecule has 6 nitrogen and oxygen atoms in total. The van der Waals surface area contributed by atoms with Crippen LogP contribution in [0.3, 0.4) is 0 Å². The molecule has 108 valence electrons. The second-order valence-corrected chi connectivity index (χ2v) is 4.76. The molecule has 2 amide bonds. The smallest absolute Gasteiger partial charge is 0.330 e. The minimum atomic E-state index is -1.08. The summed E-state index contributed by atoms with van der Waals surface area (Å²) in [5, 5.41) is 11.8. The van der Waals surface area contributed by atoms with Crippen LogP contribution in [-0.2, 0) is 9.53 Å². The molecule has 0 aliphatic carbocycles. The number of ether oxygens (including phenoxy) is 1. The minimum Gasteiger partial charge on any atom is -0.479 e. The lowest BCUT2D eigenvalue weighted by molar-refractivity contribution is -0.139. The fourth-order valence-corrected chi connectivity index (χ4v) is 2.15. The number of carboxylic acid groups (broad SMARTS) is 1. The van der Waals surface area contributed by atoms with Crippen LogP contribution in [-0.4, -0.2) is 47.8 Å². The van der Waals surface area contributed by atoms with E-state index in [4.69, 9.17) is 4.74 Å². The zero-order chi connectivity index (χ0) is 14.5. The van der Waals surface area contributed by atoms with Crippen molar-refractivity contribution >= 4 is 12.0 Å². The van der Waals surface area contributed by atoms with Crippen molar-refractivity contribution in [2.75, 3.05) is 19.7 Å². The maximum absolute atomic E-state index is 12.1. The maximum atomic E-state index is 12.1. The summed E-state index contributed by atoms with van der Waals surface area (Å²) in [5.74, 6) is -1.08. The van der Waals surface area contributed by atoms with E-state index in [-0.39, 0.29) is 12.1 Å². The van der Waals surface area contributed by atoms with E-state index in [1.807, 2.05) is 6.92 Å². The number of aliphatic carboxylic acids is 1. The monoisotopic (exact) mass is 278 g/mol. The first kappa shape index (κ1) is 14.3. The van der Waals surface area contributed by atoms with Gasteiger partial charge in [0.1, 0.15) is 0 Å². The lowest BCUT2D eigenvalue weighted by atomic mass is 10.1. The first-order valence-electron chi connectivity index (χ1n) is 6.52. The normalized spacial score (nSPS) is 20.2. The molecule has 0 saturated carbocycles. The Hall–Kier alpha value is -2.08. The molecule has 1 aromatic carbocycles. The van der Waals surface area contributed by atoms with Gasteiger partial charge in [0, 0.05) is 13.1 Å². The van der Waals surface area contributed by atoms with E-state index in [9.17, 15) is 14.7 Å². The molecule has 1 heterocycles. The number of rotatable bonds is 3. The number of nitrogens with one attached hydrogen (secondary N) is 1. The van der Waals surface area contributed by atoms with Gasteiger partial charge in [-0.1, -0.05) is 30.3 Å². The van der Waals surface area contributed by atoms with E-state index in [2.05, 4.69) is 5.32 Å². The highest BCUT2D eigenvalue weighted by Gasteiger charge is 2.27. The summed E-state index contributed by atoms with van der Waals surface area (Å²) in [6.07, 6.45) is -0.0329. The van der Waals surface area contributed by atoms with Gasteiger partial charge in [0.2, 0.25) is 0 Å². The first-order valence-corrected chi connectivity index (χ1v) is 6.52. The highest BCUT2D eigenvalue weighted by molar-refractivity contribution is 5.83. The van der Waals surface area contributed by atoms with Crippen molar-refractivity contribution in [2.24, 2.45) is 0 Å². The number of carbonyl (C=O) groups excluding carboxylic acids is 1. The SMILES string of the molecule is CC1CN(C(=O)NC(C(=O)O)c2ccccc2)CCO1. The summed E-state index contributed by atoms with van der Waals surface area (Å²) < 4.78 is 5.36. The molecule has 0 spiro atoms. The molecular formula is C14H18N2O4. The van der Waals surface area contributed by atoms with Gasteiger partial charge in [-0.05, 0) is 12.5 Å². The Morgan fingerprint density at radius 3 is 2.70 bits per heavy atom. The summed E-state index contributed by atoms with van der Waals surface area (Å²) in [4.78, 5) is 25.0. The van der Waals surface area contributed by atoms with Gasteiger partial charge in [-0.25, -0.2) is 9.59 Å². The van der Waals surface area contributed by atoms with Crippen molar-refractivity contribution in [1.29, 1.82) is 0 Å². The van der Waals surface area contributed by atoms with Gasteiger partial charge in [0.05, 0.1) is 12.7 Å². The Balaban J connectivity index is 2.05. The Morgan fingerprint density at radius 1 is 1.40 bits per heavy atom. The topological polar surface area (TPSA) is 78.9 Å². The third-order valence-corrected chi connectivity index (χ3v) is 3.18. The van der Waals surface area contributed by atoms with Crippen LogP contribution >= 0.6 is 0 Å².